The van der Waals surface area contributed by atoms with Crippen LogP contribution in [0.5, 0.6) is 5.75 Å². The summed E-state index contributed by atoms with van der Waals surface area (Å²) in [4.78, 5) is 20.3. The standard InChI is InChI=1S/C9H11O5P/c1-2-13-15(11,12)9(10)14-8-6-4-3-5-7-8/h3-7H,2H2,1H3,(H,11,12). The van der Waals surface area contributed by atoms with Gasteiger partial charge in [0.15, 0.2) is 0 Å². The summed E-state index contributed by atoms with van der Waals surface area (Å²) in [6.45, 7) is 1.48. The van der Waals surface area contributed by atoms with E-state index in [-0.39, 0.29) is 12.4 Å². The third kappa shape index (κ3) is 3.47. The molecule has 0 aliphatic carbocycles. The number of benzene rings is 1. The molecule has 0 radical (unpaired) electrons. The van der Waals surface area contributed by atoms with Gasteiger partial charge in [-0.3, -0.25) is 0 Å². The molecule has 0 spiro atoms. The van der Waals surface area contributed by atoms with Crippen LogP contribution in [0, 0.1) is 0 Å². The van der Waals surface area contributed by atoms with Crippen molar-refractivity contribution in [1.29, 1.82) is 0 Å². The van der Waals surface area contributed by atoms with Crippen molar-refractivity contribution in [1.82, 2.24) is 0 Å². The molecule has 0 aliphatic rings. The van der Waals surface area contributed by atoms with E-state index in [4.69, 9.17) is 4.89 Å². The molecule has 0 heterocycles. The summed E-state index contributed by atoms with van der Waals surface area (Å²) in [6, 6.07) is 8.03. The van der Waals surface area contributed by atoms with E-state index in [0.29, 0.717) is 0 Å². The minimum absolute atomic E-state index is 0.0301. The Hall–Kier alpha value is -1.16. The molecule has 0 saturated heterocycles. The molecular weight excluding hydrogens is 219 g/mol. The molecule has 0 amide bonds. The first-order valence-electron chi connectivity index (χ1n) is 4.31. The van der Waals surface area contributed by atoms with Gasteiger partial charge in [-0.2, -0.15) is 0 Å². The van der Waals surface area contributed by atoms with Crippen LogP contribution >= 0.6 is 7.60 Å². The molecule has 0 saturated carbocycles. The Morgan fingerprint density at radius 3 is 2.53 bits per heavy atom. The first-order valence-corrected chi connectivity index (χ1v) is 5.89. The van der Waals surface area contributed by atoms with Crippen molar-refractivity contribution in [3.63, 3.8) is 0 Å². The summed E-state index contributed by atoms with van der Waals surface area (Å²) < 4.78 is 20.2. The van der Waals surface area contributed by atoms with Crippen molar-refractivity contribution >= 4 is 13.3 Å². The molecule has 0 aliphatic heterocycles. The molecule has 1 atom stereocenters. The van der Waals surface area contributed by atoms with Crippen molar-refractivity contribution in [2.75, 3.05) is 6.61 Å². The van der Waals surface area contributed by atoms with Crippen LogP contribution in [-0.4, -0.2) is 17.2 Å². The summed E-state index contributed by atoms with van der Waals surface area (Å²) >= 11 is 0. The van der Waals surface area contributed by atoms with Gasteiger partial charge in [0.2, 0.25) is 0 Å². The van der Waals surface area contributed by atoms with Gasteiger partial charge in [0, 0.05) is 0 Å². The van der Waals surface area contributed by atoms with Crippen LogP contribution in [0.3, 0.4) is 0 Å². The number of hydrogen-bond donors (Lipinski definition) is 1. The van der Waals surface area contributed by atoms with Gasteiger partial charge in [-0.1, -0.05) is 18.2 Å². The van der Waals surface area contributed by atoms with Gasteiger partial charge in [0.25, 0.3) is 0 Å². The Balaban J connectivity index is 2.68. The van der Waals surface area contributed by atoms with Gasteiger partial charge in [0.1, 0.15) is 5.75 Å². The Labute approximate surface area is 87.2 Å². The fourth-order valence-electron chi connectivity index (χ4n) is 0.875. The zero-order valence-electron chi connectivity index (χ0n) is 8.12. The lowest BCUT2D eigenvalue weighted by Gasteiger charge is -2.09. The highest BCUT2D eigenvalue weighted by Gasteiger charge is 2.32. The molecule has 1 aromatic rings. The molecule has 6 heteroatoms. The van der Waals surface area contributed by atoms with E-state index in [0.717, 1.165) is 0 Å². The monoisotopic (exact) mass is 230 g/mol. The minimum atomic E-state index is -4.31. The first-order chi connectivity index (χ1) is 7.06. The lowest BCUT2D eigenvalue weighted by molar-refractivity contribution is 0.203. The maximum atomic E-state index is 11.2. The molecule has 1 rings (SSSR count). The highest BCUT2D eigenvalue weighted by atomic mass is 31.2. The maximum Gasteiger partial charge on any atom is 0.436 e. The average Bonchev–Trinajstić information content (AvgIpc) is 2.19. The molecular formula is C9H11O5P. The van der Waals surface area contributed by atoms with Crippen LogP contribution in [0.15, 0.2) is 30.3 Å². The molecule has 0 aromatic heterocycles. The SMILES string of the molecule is CCOP(=O)(O)C(=O)Oc1ccccc1. The van der Waals surface area contributed by atoms with Crippen LogP contribution in [0.4, 0.5) is 4.79 Å². The van der Waals surface area contributed by atoms with Crippen molar-refractivity contribution in [3.05, 3.63) is 30.3 Å². The molecule has 1 unspecified atom stereocenters. The van der Waals surface area contributed by atoms with Gasteiger partial charge in [-0.05, 0) is 19.1 Å². The Morgan fingerprint density at radius 2 is 2.00 bits per heavy atom. The highest BCUT2D eigenvalue weighted by Crippen LogP contribution is 2.43. The largest absolute Gasteiger partial charge is 0.436 e. The fourth-order valence-corrected chi connectivity index (χ4v) is 1.55. The predicted molar refractivity (Wildman–Crippen MR) is 53.9 cm³/mol. The van der Waals surface area contributed by atoms with E-state index in [2.05, 4.69) is 9.26 Å². The molecule has 0 bridgehead atoms. The third-order valence-electron chi connectivity index (χ3n) is 1.48. The topological polar surface area (TPSA) is 72.8 Å². The van der Waals surface area contributed by atoms with Crippen molar-refractivity contribution in [2.24, 2.45) is 0 Å². The number of ether oxygens (including phenoxy) is 1. The van der Waals surface area contributed by atoms with E-state index >= 15 is 0 Å². The first kappa shape index (κ1) is 11.9. The fraction of sp³-hybridized carbons (Fsp3) is 0.222. The van der Waals surface area contributed by atoms with Crippen LogP contribution in [-0.2, 0) is 9.09 Å². The van der Waals surface area contributed by atoms with Gasteiger partial charge >= 0.3 is 13.3 Å². The average molecular weight is 230 g/mol. The summed E-state index contributed by atoms with van der Waals surface area (Å²) in [5.41, 5.74) is -1.27. The summed E-state index contributed by atoms with van der Waals surface area (Å²) in [5, 5.41) is 0. The lowest BCUT2D eigenvalue weighted by atomic mass is 10.3. The van der Waals surface area contributed by atoms with Crippen LogP contribution in [0.2, 0.25) is 0 Å². The van der Waals surface area contributed by atoms with Gasteiger partial charge in [0.05, 0.1) is 6.61 Å². The molecule has 0 fully saturated rings. The van der Waals surface area contributed by atoms with Gasteiger partial charge in [-0.25, -0.2) is 9.36 Å². The number of para-hydroxylation sites is 1. The minimum Gasteiger partial charge on any atom is -0.417 e. The predicted octanol–water partition coefficient (Wildman–Crippen LogP) is 2.41. The molecule has 15 heavy (non-hydrogen) atoms. The second-order valence-electron chi connectivity index (χ2n) is 2.62. The number of hydrogen-bond acceptors (Lipinski definition) is 4. The summed E-state index contributed by atoms with van der Waals surface area (Å²) in [7, 11) is -4.31. The number of rotatable bonds is 4. The molecule has 1 aromatic carbocycles. The maximum absolute atomic E-state index is 11.2. The Morgan fingerprint density at radius 1 is 1.40 bits per heavy atom. The van der Waals surface area contributed by atoms with Crippen LogP contribution in [0.1, 0.15) is 6.92 Å². The zero-order valence-corrected chi connectivity index (χ0v) is 9.02. The molecule has 1 N–H and O–H groups in total. The third-order valence-corrected chi connectivity index (χ3v) is 2.64. The Bertz CT molecular complexity index is 375. The smallest absolute Gasteiger partial charge is 0.417 e. The summed E-state index contributed by atoms with van der Waals surface area (Å²) in [6.07, 6.45) is 0. The number of carbonyl (C=O) groups excluding carboxylic acids is 1. The second-order valence-corrected chi connectivity index (χ2v) is 4.28. The second kappa shape index (κ2) is 5.07. The quantitative estimate of drug-likeness (QED) is 0.804. The summed E-state index contributed by atoms with van der Waals surface area (Å²) in [5.74, 6) is 0.205. The Kier molecular flexibility index (Phi) is 4.03. The number of carbonyl (C=O) groups is 1. The van der Waals surface area contributed by atoms with E-state index in [1.54, 1.807) is 18.2 Å². The molecule has 82 valence electrons. The normalized spacial score (nSPS) is 14.3. The van der Waals surface area contributed by atoms with E-state index in [1.165, 1.54) is 19.1 Å². The van der Waals surface area contributed by atoms with Crippen molar-refractivity contribution in [3.8, 4) is 5.75 Å². The van der Waals surface area contributed by atoms with Gasteiger partial charge in [-0.15, -0.1) is 0 Å². The van der Waals surface area contributed by atoms with Crippen LogP contribution < -0.4 is 4.74 Å². The van der Waals surface area contributed by atoms with Crippen molar-refractivity contribution < 1.29 is 23.5 Å². The lowest BCUT2D eigenvalue weighted by Crippen LogP contribution is -2.08. The van der Waals surface area contributed by atoms with Crippen molar-refractivity contribution in [2.45, 2.75) is 6.92 Å². The van der Waals surface area contributed by atoms with E-state index in [9.17, 15) is 9.36 Å². The van der Waals surface area contributed by atoms with Gasteiger partial charge < -0.3 is 14.2 Å². The highest BCUT2D eigenvalue weighted by molar-refractivity contribution is 7.70. The van der Waals surface area contributed by atoms with E-state index < -0.39 is 13.3 Å². The zero-order chi connectivity index (χ0) is 11.3. The van der Waals surface area contributed by atoms with Crippen LogP contribution in [0.25, 0.3) is 0 Å². The molecule has 5 nitrogen and oxygen atoms in total. The van der Waals surface area contributed by atoms with E-state index in [1.807, 2.05) is 0 Å².